The molecule has 0 atom stereocenters. The third-order valence-electron chi connectivity index (χ3n) is 6.27. The minimum atomic E-state index is -0.307. The Morgan fingerprint density at radius 2 is 1.83 bits per heavy atom. The lowest BCUT2D eigenvalue weighted by Gasteiger charge is -2.26. The number of pyridine rings is 1. The fourth-order valence-corrected chi connectivity index (χ4v) is 4.27. The SMILES string of the molecule is CCN(CCN(CC)C(=O)CCC(=O)N1c2ccccc2C(=O)Nc2cccnc21)Cc1ccco1. The molecule has 9 heteroatoms. The average molecular weight is 490 g/mol. The number of carbonyl (C=O) groups is 3. The number of hydrogen-bond donors (Lipinski definition) is 1. The molecule has 36 heavy (non-hydrogen) atoms. The lowest BCUT2D eigenvalue weighted by Crippen LogP contribution is -2.39. The Morgan fingerprint density at radius 1 is 1.00 bits per heavy atom. The average Bonchev–Trinajstić information content (AvgIpc) is 3.37. The zero-order valence-corrected chi connectivity index (χ0v) is 20.6. The van der Waals surface area contributed by atoms with E-state index in [0.29, 0.717) is 48.9 Å². The van der Waals surface area contributed by atoms with Crippen LogP contribution in [0.2, 0.25) is 0 Å². The van der Waals surface area contributed by atoms with Crippen molar-refractivity contribution in [2.75, 3.05) is 36.4 Å². The minimum absolute atomic E-state index is 0.00222. The Morgan fingerprint density at radius 3 is 2.58 bits per heavy atom. The molecule has 3 heterocycles. The lowest BCUT2D eigenvalue weighted by molar-refractivity contribution is -0.133. The fourth-order valence-electron chi connectivity index (χ4n) is 4.27. The van der Waals surface area contributed by atoms with Crippen molar-refractivity contribution in [3.63, 3.8) is 0 Å². The molecule has 0 aliphatic carbocycles. The fraction of sp³-hybridized carbons (Fsp3) is 0.333. The van der Waals surface area contributed by atoms with Gasteiger partial charge < -0.3 is 14.6 Å². The third-order valence-corrected chi connectivity index (χ3v) is 6.27. The topological polar surface area (TPSA) is 99.0 Å². The van der Waals surface area contributed by atoms with E-state index in [1.807, 2.05) is 19.1 Å². The van der Waals surface area contributed by atoms with Gasteiger partial charge >= 0.3 is 0 Å². The van der Waals surface area contributed by atoms with Crippen molar-refractivity contribution in [1.29, 1.82) is 0 Å². The summed E-state index contributed by atoms with van der Waals surface area (Å²) >= 11 is 0. The molecule has 0 bridgehead atoms. The highest BCUT2D eigenvalue weighted by atomic mass is 16.3. The van der Waals surface area contributed by atoms with Gasteiger partial charge in [-0.05, 0) is 49.9 Å². The molecule has 1 aliphatic rings. The van der Waals surface area contributed by atoms with Crippen molar-refractivity contribution in [1.82, 2.24) is 14.8 Å². The first-order valence-electron chi connectivity index (χ1n) is 12.2. The van der Waals surface area contributed by atoms with E-state index < -0.39 is 0 Å². The van der Waals surface area contributed by atoms with Gasteiger partial charge in [0.15, 0.2) is 5.82 Å². The molecular weight excluding hydrogens is 458 g/mol. The summed E-state index contributed by atoms with van der Waals surface area (Å²) in [6.07, 6.45) is 3.30. The van der Waals surface area contributed by atoms with Crippen LogP contribution in [0.25, 0.3) is 0 Å². The minimum Gasteiger partial charge on any atom is -0.468 e. The van der Waals surface area contributed by atoms with Crippen molar-refractivity contribution < 1.29 is 18.8 Å². The van der Waals surface area contributed by atoms with Crippen molar-refractivity contribution in [3.8, 4) is 0 Å². The van der Waals surface area contributed by atoms with E-state index in [0.717, 1.165) is 12.3 Å². The molecule has 1 N–H and O–H groups in total. The zero-order chi connectivity index (χ0) is 25.5. The van der Waals surface area contributed by atoms with E-state index in [4.69, 9.17) is 4.42 Å². The van der Waals surface area contributed by atoms with E-state index in [1.54, 1.807) is 53.8 Å². The highest BCUT2D eigenvalue weighted by Crippen LogP contribution is 2.36. The number of para-hydroxylation sites is 1. The molecule has 9 nitrogen and oxygen atoms in total. The first-order chi connectivity index (χ1) is 17.5. The van der Waals surface area contributed by atoms with E-state index >= 15 is 0 Å². The predicted octanol–water partition coefficient (Wildman–Crippen LogP) is 4.06. The van der Waals surface area contributed by atoms with Crippen LogP contribution in [0.5, 0.6) is 0 Å². The number of amides is 3. The standard InChI is InChI=1S/C27H31N5O4/c1-3-30(19-20-9-8-18-36-20)16-17-31(4-2)24(33)13-14-25(34)32-23-12-6-5-10-21(23)27(35)29-22-11-7-15-28-26(22)32/h5-12,15,18H,3-4,13-14,16-17,19H2,1-2H3,(H,29,35). The Labute approximate surface area is 210 Å². The maximum absolute atomic E-state index is 13.4. The molecule has 2 aromatic heterocycles. The van der Waals surface area contributed by atoms with Crippen LogP contribution in [0.3, 0.4) is 0 Å². The van der Waals surface area contributed by atoms with Crippen molar-refractivity contribution in [2.45, 2.75) is 33.2 Å². The number of anilines is 3. The van der Waals surface area contributed by atoms with Crippen LogP contribution in [0.15, 0.2) is 65.4 Å². The molecule has 3 amide bonds. The van der Waals surface area contributed by atoms with Crippen LogP contribution < -0.4 is 10.2 Å². The summed E-state index contributed by atoms with van der Waals surface area (Å²) < 4.78 is 5.44. The molecule has 3 aromatic rings. The molecule has 1 aromatic carbocycles. The molecule has 0 radical (unpaired) electrons. The number of hydrogen-bond acceptors (Lipinski definition) is 6. The van der Waals surface area contributed by atoms with E-state index in [-0.39, 0.29) is 30.6 Å². The van der Waals surface area contributed by atoms with Crippen LogP contribution >= 0.6 is 0 Å². The Balaban J connectivity index is 1.42. The number of fused-ring (bicyclic) bond motifs is 2. The number of rotatable bonds is 10. The predicted molar refractivity (Wildman–Crippen MR) is 137 cm³/mol. The Kier molecular flexibility index (Phi) is 8.12. The van der Waals surface area contributed by atoms with Crippen molar-refractivity contribution in [3.05, 3.63) is 72.3 Å². The summed E-state index contributed by atoms with van der Waals surface area (Å²) in [5.74, 6) is 0.543. The van der Waals surface area contributed by atoms with Gasteiger partial charge in [0.25, 0.3) is 5.91 Å². The maximum Gasteiger partial charge on any atom is 0.257 e. The van der Waals surface area contributed by atoms with Gasteiger partial charge in [-0.1, -0.05) is 19.1 Å². The number of aromatic nitrogens is 1. The van der Waals surface area contributed by atoms with Gasteiger partial charge in [-0.3, -0.25) is 24.2 Å². The third kappa shape index (κ3) is 5.63. The van der Waals surface area contributed by atoms with Crippen LogP contribution in [0, 0.1) is 0 Å². The lowest BCUT2D eigenvalue weighted by atomic mass is 10.1. The summed E-state index contributed by atoms with van der Waals surface area (Å²) in [4.78, 5) is 49.0. The van der Waals surface area contributed by atoms with Gasteiger partial charge in [-0.2, -0.15) is 0 Å². The van der Waals surface area contributed by atoms with Crippen LogP contribution in [0.4, 0.5) is 17.2 Å². The summed E-state index contributed by atoms with van der Waals surface area (Å²) in [6, 6.07) is 14.1. The van der Waals surface area contributed by atoms with Crippen molar-refractivity contribution in [2.24, 2.45) is 0 Å². The Bertz CT molecular complexity index is 1210. The molecule has 0 fully saturated rings. The van der Waals surface area contributed by atoms with Gasteiger partial charge in [-0.15, -0.1) is 0 Å². The maximum atomic E-state index is 13.4. The number of likely N-dealkylation sites (N-methyl/N-ethyl adjacent to an activating group) is 2. The molecule has 0 saturated heterocycles. The summed E-state index contributed by atoms with van der Waals surface area (Å²) in [6.45, 7) is 7.35. The van der Waals surface area contributed by atoms with Gasteiger partial charge in [0.2, 0.25) is 11.8 Å². The molecule has 188 valence electrons. The summed E-state index contributed by atoms with van der Waals surface area (Å²) in [5.41, 5.74) is 1.28. The smallest absolute Gasteiger partial charge is 0.257 e. The van der Waals surface area contributed by atoms with Crippen LogP contribution in [0.1, 0.15) is 42.8 Å². The number of benzene rings is 1. The second kappa shape index (κ2) is 11.6. The van der Waals surface area contributed by atoms with Gasteiger partial charge in [0.05, 0.1) is 29.7 Å². The monoisotopic (exact) mass is 489 g/mol. The van der Waals surface area contributed by atoms with Crippen molar-refractivity contribution >= 4 is 34.9 Å². The van der Waals surface area contributed by atoms with Crippen LogP contribution in [-0.2, 0) is 16.1 Å². The van der Waals surface area contributed by atoms with Gasteiger partial charge in [-0.25, -0.2) is 4.98 Å². The largest absolute Gasteiger partial charge is 0.468 e. The number of furan rings is 1. The second-order valence-electron chi connectivity index (χ2n) is 8.50. The number of carbonyl (C=O) groups excluding carboxylic acids is 3. The van der Waals surface area contributed by atoms with E-state index in [9.17, 15) is 14.4 Å². The molecule has 0 unspecified atom stereocenters. The Hall–Kier alpha value is -3.98. The van der Waals surface area contributed by atoms with Gasteiger partial charge in [0, 0.05) is 38.7 Å². The van der Waals surface area contributed by atoms with Crippen LogP contribution in [-0.4, -0.2) is 58.7 Å². The zero-order valence-electron chi connectivity index (χ0n) is 20.6. The summed E-state index contributed by atoms with van der Waals surface area (Å²) in [5, 5.41) is 2.82. The number of nitrogens with one attached hydrogen (secondary N) is 1. The molecule has 4 rings (SSSR count). The normalized spacial score (nSPS) is 12.5. The molecule has 1 aliphatic heterocycles. The highest BCUT2D eigenvalue weighted by Gasteiger charge is 2.30. The quantitative estimate of drug-likeness (QED) is 0.461. The number of nitrogens with zero attached hydrogens (tertiary/aromatic N) is 4. The molecule has 0 saturated carbocycles. The molecular formula is C27H31N5O4. The molecule has 0 spiro atoms. The second-order valence-corrected chi connectivity index (χ2v) is 8.50. The first-order valence-corrected chi connectivity index (χ1v) is 12.2. The van der Waals surface area contributed by atoms with E-state index in [1.165, 1.54) is 4.90 Å². The first kappa shape index (κ1) is 25.1. The summed E-state index contributed by atoms with van der Waals surface area (Å²) in [7, 11) is 0. The van der Waals surface area contributed by atoms with E-state index in [2.05, 4.69) is 22.1 Å². The highest BCUT2D eigenvalue weighted by molar-refractivity contribution is 6.17. The van der Waals surface area contributed by atoms with Gasteiger partial charge in [0.1, 0.15) is 5.76 Å².